The van der Waals surface area contributed by atoms with E-state index in [2.05, 4.69) is 15.6 Å². The Morgan fingerprint density at radius 1 is 1.32 bits per heavy atom. The van der Waals surface area contributed by atoms with Crippen LogP contribution in [-0.2, 0) is 16.1 Å². The molecule has 1 aromatic carbocycles. The fraction of sp³-hybridized carbons (Fsp3) is 0.235. The third kappa shape index (κ3) is 5.74. The van der Waals surface area contributed by atoms with Crippen molar-refractivity contribution in [3.05, 3.63) is 53.3 Å². The number of nitrogens with one attached hydrogen (secondary N) is 2. The number of halogens is 1. The van der Waals surface area contributed by atoms with Gasteiger partial charge in [-0.2, -0.15) is 0 Å². The number of nitrogens with zero attached hydrogens (tertiary/aromatic N) is 1. The van der Waals surface area contributed by atoms with E-state index in [9.17, 15) is 14.7 Å². The first-order valence-electron chi connectivity index (χ1n) is 7.49. The number of hydrogen-bond acceptors (Lipinski definition) is 5. The molecule has 0 saturated heterocycles. The molecule has 0 spiro atoms. The number of ether oxygens (including phenoxy) is 1. The van der Waals surface area contributed by atoms with E-state index in [0.717, 1.165) is 0 Å². The third-order valence-corrected chi connectivity index (χ3v) is 3.67. The summed E-state index contributed by atoms with van der Waals surface area (Å²) in [6.07, 6.45) is 1.39. The topological polar surface area (TPSA) is 101 Å². The van der Waals surface area contributed by atoms with Gasteiger partial charge in [-0.3, -0.25) is 19.9 Å². The average molecular weight is 364 g/mol. The number of carboxylic acid groups (broad SMARTS) is 1. The van der Waals surface area contributed by atoms with Gasteiger partial charge in [0.2, 0.25) is 5.91 Å². The zero-order chi connectivity index (χ0) is 18.2. The van der Waals surface area contributed by atoms with Crippen LogP contribution in [0.5, 0.6) is 5.75 Å². The molecule has 0 radical (unpaired) electrons. The average Bonchev–Trinajstić information content (AvgIpc) is 2.59. The summed E-state index contributed by atoms with van der Waals surface area (Å²) < 4.78 is 5.04. The molecule has 1 unspecified atom stereocenters. The molecule has 25 heavy (non-hydrogen) atoms. The van der Waals surface area contributed by atoms with Gasteiger partial charge < -0.3 is 15.2 Å². The second-order valence-electron chi connectivity index (χ2n) is 5.19. The molecule has 0 saturated carbocycles. The Hall–Kier alpha value is -2.64. The van der Waals surface area contributed by atoms with E-state index in [1.807, 2.05) is 0 Å². The predicted molar refractivity (Wildman–Crippen MR) is 93.8 cm³/mol. The molecule has 7 nitrogen and oxygen atoms in total. The standard InChI is InChI=1S/C17H18ClN3O4/c1-25-15-6-5-11(8-13(15)18)21-16(22)9-14(17(23)24)20-10-12-4-2-3-7-19-12/h2-8,14,20H,9-10H2,1H3,(H,21,22)(H,23,24). The van der Waals surface area contributed by atoms with E-state index in [-0.39, 0.29) is 13.0 Å². The zero-order valence-electron chi connectivity index (χ0n) is 13.5. The first kappa shape index (κ1) is 18.7. The summed E-state index contributed by atoms with van der Waals surface area (Å²) in [5, 5.41) is 15.1. The molecule has 0 aliphatic rings. The Morgan fingerprint density at radius 2 is 2.12 bits per heavy atom. The van der Waals surface area contributed by atoms with Crippen LogP contribution in [0.1, 0.15) is 12.1 Å². The number of pyridine rings is 1. The molecule has 2 rings (SSSR count). The number of benzene rings is 1. The van der Waals surface area contributed by atoms with Gasteiger partial charge >= 0.3 is 5.97 Å². The minimum absolute atomic E-state index is 0.230. The molecule has 0 bridgehead atoms. The van der Waals surface area contributed by atoms with Crippen LogP contribution in [0.25, 0.3) is 0 Å². The lowest BCUT2D eigenvalue weighted by atomic mass is 10.2. The van der Waals surface area contributed by atoms with Gasteiger partial charge in [0, 0.05) is 18.4 Å². The summed E-state index contributed by atoms with van der Waals surface area (Å²) in [6, 6.07) is 9.09. The zero-order valence-corrected chi connectivity index (χ0v) is 14.3. The quantitative estimate of drug-likeness (QED) is 0.665. The van der Waals surface area contributed by atoms with E-state index in [4.69, 9.17) is 16.3 Å². The Bertz CT molecular complexity index is 740. The number of carbonyl (C=O) groups is 2. The molecule has 1 heterocycles. The highest BCUT2D eigenvalue weighted by Gasteiger charge is 2.21. The maximum Gasteiger partial charge on any atom is 0.321 e. The summed E-state index contributed by atoms with van der Waals surface area (Å²) in [6.45, 7) is 0.249. The van der Waals surface area contributed by atoms with Crippen molar-refractivity contribution in [1.82, 2.24) is 10.3 Å². The summed E-state index contributed by atoms with van der Waals surface area (Å²) in [5.74, 6) is -1.07. The summed E-state index contributed by atoms with van der Waals surface area (Å²) in [4.78, 5) is 27.5. The van der Waals surface area contributed by atoms with Crippen molar-refractivity contribution in [2.75, 3.05) is 12.4 Å². The number of anilines is 1. The Balaban J connectivity index is 1.93. The van der Waals surface area contributed by atoms with Crippen molar-refractivity contribution in [2.45, 2.75) is 19.0 Å². The highest BCUT2D eigenvalue weighted by molar-refractivity contribution is 6.32. The van der Waals surface area contributed by atoms with Crippen molar-refractivity contribution >= 4 is 29.2 Å². The number of carbonyl (C=O) groups excluding carboxylic acids is 1. The summed E-state index contributed by atoms with van der Waals surface area (Å²) in [5.41, 5.74) is 1.15. The maximum atomic E-state index is 12.1. The fourth-order valence-corrected chi connectivity index (χ4v) is 2.38. The van der Waals surface area contributed by atoms with E-state index >= 15 is 0 Å². The van der Waals surface area contributed by atoms with Crippen LogP contribution in [0, 0.1) is 0 Å². The van der Waals surface area contributed by atoms with Crippen LogP contribution in [0.3, 0.4) is 0 Å². The van der Waals surface area contributed by atoms with Crippen LogP contribution in [0.2, 0.25) is 5.02 Å². The van der Waals surface area contributed by atoms with Gasteiger partial charge in [0.15, 0.2) is 0 Å². The number of hydrogen-bond donors (Lipinski definition) is 3. The van der Waals surface area contributed by atoms with Crippen LogP contribution in [0.4, 0.5) is 5.69 Å². The van der Waals surface area contributed by atoms with Gasteiger partial charge in [-0.1, -0.05) is 17.7 Å². The molecule has 0 fully saturated rings. The van der Waals surface area contributed by atoms with Crippen LogP contribution < -0.4 is 15.4 Å². The van der Waals surface area contributed by atoms with Crippen molar-refractivity contribution in [3.8, 4) is 5.75 Å². The molecule has 2 aromatic rings. The number of aliphatic carboxylic acids is 1. The molecule has 1 amide bonds. The Kier molecular flexibility index (Phi) is 6.73. The second-order valence-corrected chi connectivity index (χ2v) is 5.60. The second kappa shape index (κ2) is 9.00. The highest BCUT2D eigenvalue weighted by Crippen LogP contribution is 2.27. The first-order valence-corrected chi connectivity index (χ1v) is 7.87. The van der Waals surface area contributed by atoms with Gasteiger partial charge in [-0.15, -0.1) is 0 Å². The largest absolute Gasteiger partial charge is 0.495 e. The van der Waals surface area contributed by atoms with E-state index < -0.39 is 17.9 Å². The minimum atomic E-state index is -1.11. The molecular formula is C17H18ClN3O4. The van der Waals surface area contributed by atoms with E-state index in [1.165, 1.54) is 13.2 Å². The lowest BCUT2D eigenvalue weighted by molar-refractivity contribution is -0.141. The summed E-state index contributed by atoms with van der Waals surface area (Å²) in [7, 11) is 1.49. The molecule has 1 atom stereocenters. The first-order chi connectivity index (χ1) is 12.0. The molecule has 8 heteroatoms. The minimum Gasteiger partial charge on any atom is -0.495 e. The molecule has 132 valence electrons. The fourth-order valence-electron chi connectivity index (χ4n) is 2.12. The number of rotatable bonds is 8. The number of aromatic nitrogens is 1. The van der Waals surface area contributed by atoms with Crippen molar-refractivity contribution in [2.24, 2.45) is 0 Å². The van der Waals surface area contributed by atoms with E-state index in [0.29, 0.717) is 22.2 Å². The van der Waals surface area contributed by atoms with Crippen molar-refractivity contribution < 1.29 is 19.4 Å². The highest BCUT2D eigenvalue weighted by atomic mass is 35.5. The number of amides is 1. The van der Waals surface area contributed by atoms with Crippen molar-refractivity contribution in [1.29, 1.82) is 0 Å². The number of methoxy groups -OCH3 is 1. The van der Waals surface area contributed by atoms with Gasteiger partial charge in [-0.25, -0.2) is 0 Å². The predicted octanol–water partition coefficient (Wildman–Crippen LogP) is 2.32. The van der Waals surface area contributed by atoms with Gasteiger partial charge in [0.05, 0.1) is 24.2 Å². The Labute approximate surface area is 150 Å². The van der Waals surface area contributed by atoms with Gasteiger partial charge in [-0.05, 0) is 30.3 Å². The molecular weight excluding hydrogens is 346 g/mol. The maximum absolute atomic E-state index is 12.1. The lowest BCUT2D eigenvalue weighted by Crippen LogP contribution is -2.39. The van der Waals surface area contributed by atoms with E-state index in [1.54, 1.807) is 36.5 Å². The van der Waals surface area contributed by atoms with Crippen LogP contribution in [0.15, 0.2) is 42.6 Å². The lowest BCUT2D eigenvalue weighted by Gasteiger charge is -2.14. The van der Waals surface area contributed by atoms with Gasteiger partial charge in [0.25, 0.3) is 0 Å². The third-order valence-electron chi connectivity index (χ3n) is 3.38. The molecule has 0 aliphatic carbocycles. The normalized spacial score (nSPS) is 11.6. The monoisotopic (exact) mass is 363 g/mol. The van der Waals surface area contributed by atoms with Gasteiger partial charge in [0.1, 0.15) is 11.8 Å². The number of carboxylic acids is 1. The van der Waals surface area contributed by atoms with Crippen LogP contribution >= 0.6 is 11.6 Å². The Morgan fingerprint density at radius 3 is 2.72 bits per heavy atom. The summed E-state index contributed by atoms with van der Waals surface area (Å²) >= 11 is 6.00. The van der Waals surface area contributed by atoms with Crippen molar-refractivity contribution in [3.63, 3.8) is 0 Å². The molecule has 0 aliphatic heterocycles. The van der Waals surface area contributed by atoms with Crippen LogP contribution in [-0.4, -0.2) is 35.1 Å². The SMILES string of the molecule is COc1ccc(NC(=O)CC(NCc2ccccn2)C(=O)O)cc1Cl. The smallest absolute Gasteiger partial charge is 0.321 e. The molecule has 1 aromatic heterocycles. The molecule has 3 N–H and O–H groups in total.